The van der Waals surface area contributed by atoms with Crippen molar-refractivity contribution in [2.75, 3.05) is 12.3 Å². The molecule has 0 heterocycles. The van der Waals surface area contributed by atoms with Gasteiger partial charge in [-0.25, -0.2) is 0 Å². The SMILES string of the molecule is CCC(C)CC(C)NCCSC(F)(F)F. The van der Waals surface area contributed by atoms with Gasteiger partial charge in [0.05, 0.1) is 0 Å². The summed E-state index contributed by atoms with van der Waals surface area (Å²) in [5.41, 5.74) is -4.10. The highest BCUT2D eigenvalue weighted by molar-refractivity contribution is 8.00. The summed E-state index contributed by atoms with van der Waals surface area (Å²) in [5.74, 6) is 0.719. The van der Waals surface area contributed by atoms with E-state index >= 15 is 0 Å². The fraction of sp³-hybridized carbons (Fsp3) is 1.00. The predicted molar refractivity (Wildman–Crippen MR) is 60.0 cm³/mol. The van der Waals surface area contributed by atoms with E-state index in [1.165, 1.54) is 0 Å². The summed E-state index contributed by atoms with van der Waals surface area (Å²) in [6.45, 7) is 6.71. The van der Waals surface area contributed by atoms with Gasteiger partial charge in [0.15, 0.2) is 0 Å². The molecule has 1 nitrogen and oxygen atoms in total. The Kier molecular flexibility index (Phi) is 7.44. The summed E-state index contributed by atoms with van der Waals surface area (Å²) in [6.07, 6.45) is 2.14. The topological polar surface area (TPSA) is 12.0 Å². The molecule has 0 saturated carbocycles. The zero-order valence-electron chi connectivity index (χ0n) is 9.53. The van der Waals surface area contributed by atoms with Crippen LogP contribution in [0.5, 0.6) is 0 Å². The number of hydrogen-bond acceptors (Lipinski definition) is 2. The van der Waals surface area contributed by atoms with Crippen LogP contribution >= 0.6 is 11.8 Å². The summed E-state index contributed by atoms with van der Waals surface area (Å²) in [5, 5.41) is 3.10. The van der Waals surface area contributed by atoms with Gasteiger partial charge >= 0.3 is 5.51 Å². The maximum atomic E-state index is 11.8. The van der Waals surface area contributed by atoms with E-state index in [4.69, 9.17) is 0 Å². The lowest BCUT2D eigenvalue weighted by Crippen LogP contribution is -2.30. The van der Waals surface area contributed by atoms with Crippen LogP contribution in [-0.4, -0.2) is 23.8 Å². The number of alkyl halides is 3. The van der Waals surface area contributed by atoms with Crippen LogP contribution in [0.25, 0.3) is 0 Å². The second-order valence-electron chi connectivity index (χ2n) is 3.90. The van der Waals surface area contributed by atoms with Crippen molar-refractivity contribution < 1.29 is 13.2 Å². The van der Waals surface area contributed by atoms with E-state index in [0.717, 1.165) is 12.8 Å². The van der Waals surface area contributed by atoms with Crippen LogP contribution in [0.4, 0.5) is 13.2 Å². The largest absolute Gasteiger partial charge is 0.441 e. The van der Waals surface area contributed by atoms with Crippen LogP contribution in [0.3, 0.4) is 0 Å². The molecule has 1 N–H and O–H groups in total. The maximum absolute atomic E-state index is 11.8. The van der Waals surface area contributed by atoms with E-state index in [9.17, 15) is 13.2 Å². The minimum Gasteiger partial charge on any atom is -0.313 e. The molecule has 0 aromatic carbocycles. The molecule has 0 aliphatic carbocycles. The zero-order chi connectivity index (χ0) is 11.9. The van der Waals surface area contributed by atoms with Crippen molar-refractivity contribution in [3.8, 4) is 0 Å². The normalized spacial score (nSPS) is 16.4. The van der Waals surface area contributed by atoms with Crippen LogP contribution in [0.1, 0.15) is 33.6 Å². The Balaban J connectivity index is 3.43. The monoisotopic (exact) mass is 243 g/mol. The van der Waals surface area contributed by atoms with Crippen LogP contribution in [0, 0.1) is 5.92 Å². The van der Waals surface area contributed by atoms with E-state index in [0.29, 0.717) is 18.5 Å². The van der Waals surface area contributed by atoms with E-state index < -0.39 is 5.51 Å². The van der Waals surface area contributed by atoms with Crippen molar-refractivity contribution in [2.24, 2.45) is 5.92 Å². The highest BCUT2D eigenvalue weighted by atomic mass is 32.2. The highest BCUT2D eigenvalue weighted by Crippen LogP contribution is 2.29. The molecule has 2 unspecified atom stereocenters. The number of thioether (sulfide) groups is 1. The smallest absolute Gasteiger partial charge is 0.313 e. The van der Waals surface area contributed by atoms with Crippen molar-refractivity contribution in [3.63, 3.8) is 0 Å². The van der Waals surface area contributed by atoms with Gasteiger partial charge in [0.2, 0.25) is 0 Å². The molecule has 0 aromatic rings. The summed E-state index contributed by atoms with van der Waals surface area (Å²) in [6, 6.07) is 0.300. The summed E-state index contributed by atoms with van der Waals surface area (Å²) in [4.78, 5) is 0. The first-order valence-corrected chi connectivity index (χ1v) is 6.27. The minimum absolute atomic E-state index is 0.0377. The van der Waals surface area contributed by atoms with E-state index in [2.05, 4.69) is 19.2 Å². The third-order valence-electron chi connectivity index (χ3n) is 2.31. The van der Waals surface area contributed by atoms with E-state index in [-0.39, 0.29) is 17.5 Å². The summed E-state index contributed by atoms with van der Waals surface area (Å²) in [7, 11) is 0. The van der Waals surface area contributed by atoms with Crippen LogP contribution in [-0.2, 0) is 0 Å². The molecule has 0 radical (unpaired) electrons. The summed E-state index contributed by atoms with van der Waals surface area (Å²) >= 11 is 0.0377. The molecule has 0 aromatic heterocycles. The Morgan fingerprint density at radius 3 is 2.33 bits per heavy atom. The minimum atomic E-state index is -4.10. The van der Waals surface area contributed by atoms with Gasteiger partial charge in [-0.05, 0) is 31.0 Å². The molecular weight excluding hydrogens is 223 g/mol. The first kappa shape index (κ1) is 15.1. The van der Waals surface area contributed by atoms with Crippen LogP contribution < -0.4 is 5.32 Å². The lowest BCUT2D eigenvalue weighted by Gasteiger charge is -2.17. The molecular formula is C10H20F3NS. The third-order valence-corrected chi connectivity index (χ3v) is 3.05. The molecule has 2 atom stereocenters. The Morgan fingerprint density at radius 2 is 1.87 bits per heavy atom. The fourth-order valence-corrected chi connectivity index (χ4v) is 1.78. The van der Waals surface area contributed by atoms with Gasteiger partial charge in [0.1, 0.15) is 0 Å². The Bertz CT molecular complexity index is 161. The van der Waals surface area contributed by atoms with Crippen LogP contribution in [0.2, 0.25) is 0 Å². The van der Waals surface area contributed by atoms with E-state index in [1.807, 2.05) is 6.92 Å². The Labute approximate surface area is 94.2 Å². The molecule has 0 amide bonds. The van der Waals surface area contributed by atoms with E-state index in [1.54, 1.807) is 0 Å². The molecule has 15 heavy (non-hydrogen) atoms. The highest BCUT2D eigenvalue weighted by Gasteiger charge is 2.27. The lowest BCUT2D eigenvalue weighted by molar-refractivity contribution is -0.0327. The third kappa shape index (κ3) is 10.4. The number of nitrogens with one attached hydrogen (secondary N) is 1. The lowest BCUT2D eigenvalue weighted by atomic mass is 10.0. The number of halogens is 3. The average Bonchev–Trinajstić information content (AvgIpc) is 2.11. The van der Waals surface area contributed by atoms with Crippen molar-refractivity contribution in [1.29, 1.82) is 0 Å². The number of hydrogen-bond donors (Lipinski definition) is 1. The number of rotatable bonds is 7. The van der Waals surface area contributed by atoms with Crippen molar-refractivity contribution >= 4 is 11.8 Å². The average molecular weight is 243 g/mol. The van der Waals surface area contributed by atoms with Gasteiger partial charge in [0, 0.05) is 18.3 Å². The second kappa shape index (κ2) is 7.39. The molecule has 0 bridgehead atoms. The first-order valence-electron chi connectivity index (χ1n) is 5.29. The van der Waals surface area contributed by atoms with Crippen molar-refractivity contribution in [1.82, 2.24) is 5.32 Å². The summed E-state index contributed by atoms with van der Waals surface area (Å²) < 4.78 is 35.3. The molecule has 0 aliphatic rings. The second-order valence-corrected chi connectivity index (χ2v) is 5.06. The molecule has 0 rings (SSSR count). The zero-order valence-corrected chi connectivity index (χ0v) is 10.3. The molecule has 92 valence electrons. The Morgan fingerprint density at radius 1 is 1.27 bits per heavy atom. The van der Waals surface area contributed by atoms with Crippen LogP contribution in [0.15, 0.2) is 0 Å². The van der Waals surface area contributed by atoms with Crippen molar-refractivity contribution in [2.45, 2.75) is 45.2 Å². The molecule has 0 saturated heterocycles. The fourth-order valence-electron chi connectivity index (χ4n) is 1.33. The quantitative estimate of drug-likeness (QED) is 0.685. The van der Waals surface area contributed by atoms with Crippen molar-refractivity contribution in [3.05, 3.63) is 0 Å². The standard InChI is InChI=1S/C10H20F3NS/c1-4-8(2)7-9(3)14-5-6-15-10(11,12)13/h8-9,14H,4-7H2,1-3H3. The molecule has 0 aliphatic heterocycles. The van der Waals surface area contributed by atoms with Gasteiger partial charge in [-0.1, -0.05) is 20.3 Å². The molecule has 0 fully saturated rings. The van der Waals surface area contributed by atoms with Gasteiger partial charge in [-0.3, -0.25) is 0 Å². The predicted octanol–water partition coefficient (Wildman–Crippen LogP) is 3.65. The maximum Gasteiger partial charge on any atom is 0.441 e. The van der Waals surface area contributed by atoms with Gasteiger partial charge in [0.25, 0.3) is 0 Å². The Hall–Kier alpha value is 0.100. The molecule has 5 heteroatoms. The van der Waals surface area contributed by atoms with Gasteiger partial charge < -0.3 is 5.32 Å². The first-order chi connectivity index (χ1) is 6.85. The van der Waals surface area contributed by atoms with Gasteiger partial charge in [-0.2, -0.15) is 13.2 Å². The van der Waals surface area contributed by atoms with Gasteiger partial charge in [-0.15, -0.1) is 0 Å². The molecule has 0 spiro atoms.